The fourth-order valence-electron chi connectivity index (χ4n) is 2.63. The molecule has 2 rings (SSSR count). The summed E-state index contributed by atoms with van der Waals surface area (Å²) in [6.07, 6.45) is 0.447. The highest BCUT2D eigenvalue weighted by Gasteiger charge is 2.25. The highest BCUT2D eigenvalue weighted by molar-refractivity contribution is 6.10. The lowest BCUT2D eigenvalue weighted by molar-refractivity contribution is -0.119. The average molecular weight is 309 g/mol. The minimum Gasteiger partial charge on any atom is -0.378 e. The fraction of sp³-hybridized carbons (Fsp3) is 0.300. The first-order chi connectivity index (χ1) is 10.9. The van der Waals surface area contributed by atoms with Crippen molar-refractivity contribution in [1.82, 2.24) is 0 Å². The van der Waals surface area contributed by atoms with E-state index in [1.54, 1.807) is 12.1 Å². The summed E-state index contributed by atoms with van der Waals surface area (Å²) in [6.45, 7) is 3.52. The molecule has 1 unspecified atom stereocenters. The Morgan fingerprint density at radius 3 is 2.22 bits per heavy atom. The van der Waals surface area contributed by atoms with Gasteiger partial charge in [0.2, 0.25) is 0 Å². The van der Waals surface area contributed by atoms with Gasteiger partial charge >= 0.3 is 0 Å². The molecule has 0 spiro atoms. The number of aryl methyl sites for hydroxylation is 1. The Bertz CT molecular complexity index is 705. The van der Waals surface area contributed by atoms with Crippen molar-refractivity contribution in [2.45, 2.75) is 20.3 Å². The Hall–Kier alpha value is -2.42. The van der Waals surface area contributed by atoms with Crippen LogP contribution in [0.25, 0.3) is 0 Å². The molecule has 1 atom stereocenters. The predicted molar refractivity (Wildman–Crippen MR) is 94.2 cm³/mol. The molecule has 2 aromatic rings. The number of nitrogens with zero attached hydrogens (tertiary/aromatic N) is 1. The maximum Gasteiger partial charge on any atom is 0.173 e. The number of hydrogen-bond donors (Lipinski definition) is 0. The van der Waals surface area contributed by atoms with Crippen LogP contribution in [-0.2, 0) is 11.2 Å². The number of carbonyl (C=O) groups excluding carboxylic acids is 2. The molecule has 23 heavy (non-hydrogen) atoms. The van der Waals surface area contributed by atoms with Crippen molar-refractivity contribution in [3.05, 3.63) is 65.2 Å². The highest BCUT2D eigenvalue weighted by Crippen LogP contribution is 2.22. The smallest absolute Gasteiger partial charge is 0.173 e. The molecule has 2 aromatic carbocycles. The van der Waals surface area contributed by atoms with Crippen LogP contribution in [0.4, 0.5) is 5.69 Å². The van der Waals surface area contributed by atoms with Gasteiger partial charge in [0, 0.05) is 25.3 Å². The molecule has 0 amide bonds. The molecule has 3 heteroatoms. The molecule has 0 aromatic heterocycles. The van der Waals surface area contributed by atoms with Crippen LogP contribution in [0.5, 0.6) is 0 Å². The Kier molecular flexibility index (Phi) is 5.32. The van der Waals surface area contributed by atoms with E-state index < -0.39 is 5.92 Å². The van der Waals surface area contributed by atoms with Crippen molar-refractivity contribution in [3.63, 3.8) is 0 Å². The second-order valence-corrected chi connectivity index (χ2v) is 6.10. The molecule has 0 bridgehead atoms. The monoisotopic (exact) mass is 309 g/mol. The molecular formula is C20H23NO2. The van der Waals surface area contributed by atoms with Crippen molar-refractivity contribution in [2.75, 3.05) is 19.0 Å². The molecule has 0 saturated heterocycles. The highest BCUT2D eigenvalue weighted by atomic mass is 16.1. The van der Waals surface area contributed by atoms with Crippen LogP contribution in [0.1, 0.15) is 28.4 Å². The second kappa shape index (κ2) is 7.23. The summed E-state index contributed by atoms with van der Waals surface area (Å²) in [5, 5.41) is 0. The van der Waals surface area contributed by atoms with Gasteiger partial charge in [-0.3, -0.25) is 9.59 Å². The molecule has 0 fully saturated rings. The van der Waals surface area contributed by atoms with Crippen molar-refractivity contribution in [1.29, 1.82) is 0 Å². The van der Waals surface area contributed by atoms with Crippen LogP contribution in [0, 0.1) is 12.8 Å². The van der Waals surface area contributed by atoms with Gasteiger partial charge in [0.25, 0.3) is 0 Å². The van der Waals surface area contributed by atoms with Gasteiger partial charge in [-0.25, -0.2) is 0 Å². The zero-order chi connectivity index (χ0) is 17.0. The third-order valence-electron chi connectivity index (χ3n) is 4.13. The van der Waals surface area contributed by atoms with Crippen LogP contribution in [0.2, 0.25) is 0 Å². The minimum atomic E-state index is -0.624. The van der Waals surface area contributed by atoms with E-state index in [4.69, 9.17) is 0 Å². The van der Waals surface area contributed by atoms with Crippen molar-refractivity contribution >= 4 is 17.3 Å². The van der Waals surface area contributed by atoms with E-state index in [0.29, 0.717) is 12.0 Å². The SMILES string of the molecule is CC(=O)C(Cc1ccc(N(C)C)cc1C)C(=O)c1ccccc1. The Labute approximate surface area is 137 Å². The molecule has 3 nitrogen and oxygen atoms in total. The zero-order valence-corrected chi connectivity index (χ0v) is 14.2. The Morgan fingerprint density at radius 2 is 1.70 bits per heavy atom. The number of ketones is 2. The maximum atomic E-state index is 12.6. The van der Waals surface area contributed by atoms with Gasteiger partial charge < -0.3 is 4.90 Å². The number of hydrogen-bond acceptors (Lipinski definition) is 3. The maximum absolute atomic E-state index is 12.6. The van der Waals surface area contributed by atoms with Crippen LogP contribution in [-0.4, -0.2) is 25.7 Å². The van der Waals surface area contributed by atoms with Crippen LogP contribution in [0.3, 0.4) is 0 Å². The minimum absolute atomic E-state index is 0.0880. The summed E-state index contributed by atoms with van der Waals surface area (Å²) in [4.78, 5) is 26.7. The number of Topliss-reactive ketones (excluding diaryl/α,β-unsaturated/α-hetero) is 2. The molecule has 0 heterocycles. The number of anilines is 1. The first-order valence-corrected chi connectivity index (χ1v) is 7.76. The Morgan fingerprint density at radius 1 is 1.04 bits per heavy atom. The van der Waals surface area contributed by atoms with Crippen molar-refractivity contribution in [3.8, 4) is 0 Å². The van der Waals surface area contributed by atoms with E-state index in [9.17, 15) is 9.59 Å². The van der Waals surface area contributed by atoms with E-state index in [1.165, 1.54) is 6.92 Å². The van der Waals surface area contributed by atoms with Crippen LogP contribution >= 0.6 is 0 Å². The molecule has 0 aliphatic rings. The van der Waals surface area contributed by atoms with E-state index in [2.05, 4.69) is 6.07 Å². The number of carbonyl (C=O) groups is 2. The first-order valence-electron chi connectivity index (χ1n) is 7.76. The van der Waals surface area contributed by atoms with Gasteiger partial charge in [-0.15, -0.1) is 0 Å². The largest absolute Gasteiger partial charge is 0.378 e. The molecular weight excluding hydrogens is 286 g/mol. The van der Waals surface area contributed by atoms with Gasteiger partial charge in [0.05, 0.1) is 5.92 Å². The van der Waals surface area contributed by atoms with Crippen molar-refractivity contribution < 1.29 is 9.59 Å². The van der Waals surface area contributed by atoms with E-state index in [1.807, 2.05) is 56.3 Å². The summed E-state index contributed by atoms with van der Waals surface area (Å²) in [5.74, 6) is -0.814. The zero-order valence-electron chi connectivity index (χ0n) is 14.2. The van der Waals surface area contributed by atoms with Gasteiger partial charge in [-0.05, 0) is 43.5 Å². The molecule has 0 saturated carbocycles. The lowest BCUT2D eigenvalue weighted by atomic mass is 9.87. The quantitative estimate of drug-likeness (QED) is 0.603. The number of benzene rings is 2. The van der Waals surface area contributed by atoms with Gasteiger partial charge in [0.1, 0.15) is 5.78 Å². The predicted octanol–water partition coefficient (Wildman–Crippen LogP) is 3.69. The molecule has 0 N–H and O–H groups in total. The fourth-order valence-corrected chi connectivity index (χ4v) is 2.63. The standard InChI is InChI=1S/C20H23NO2/c1-14-12-18(21(3)4)11-10-17(14)13-19(15(2)22)20(23)16-8-6-5-7-9-16/h5-12,19H,13H2,1-4H3. The molecule has 0 aliphatic heterocycles. The summed E-state index contributed by atoms with van der Waals surface area (Å²) in [7, 11) is 3.98. The normalized spacial score (nSPS) is 11.8. The third kappa shape index (κ3) is 4.07. The lowest BCUT2D eigenvalue weighted by Crippen LogP contribution is -2.25. The lowest BCUT2D eigenvalue weighted by Gasteiger charge is -2.18. The average Bonchev–Trinajstić information content (AvgIpc) is 2.53. The van der Waals surface area contributed by atoms with Crippen LogP contribution < -0.4 is 4.90 Å². The van der Waals surface area contributed by atoms with Gasteiger partial charge in [0.15, 0.2) is 5.78 Å². The first kappa shape index (κ1) is 16.9. The van der Waals surface area contributed by atoms with E-state index >= 15 is 0 Å². The summed E-state index contributed by atoms with van der Waals surface area (Å²) in [6, 6.07) is 15.2. The van der Waals surface area contributed by atoms with Gasteiger partial charge in [-0.1, -0.05) is 36.4 Å². The summed E-state index contributed by atoms with van der Waals surface area (Å²) >= 11 is 0. The van der Waals surface area contributed by atoms with E-state index in [0.717, 1.165) is 16.8 Å². The topological polar surface area (TPSA) is 37.4 Å². The van der Waals surface area contributed by atoms with E-state index in [-0.39, 0.29) is 11.6 Å². The molecule has 0 radical (unpaired) electrons. The Balaban J connectivity index is 2.27. The molecule has 0 aliphatic carbocycles. The third-order valence-corrected chi connectivity index (χ3v) is 4.13. The second-order valence-electron chi connectivity index (χ2n) is 6.10. The summed E-state index contributed by atoms with van der Waals surface area (Å²) in [5.41, 5.74) is 3.85. The van der Waals surface area contributed by atoms with Crippen molar-refractivity contribution in [2.24, 2.45) is 5.92 Å². The van der Waals surface area contributed by atoms with Gasteiger partial charge in [-0.2, -0.15) is 0 Å². The molecule has 120 valence electrons. The number of rotatable bonds is 6. The summed E-state index contributed by atoms with van der Waals surface area (Å²) < 4.78 is 0. The van der Waals surface area contributed by atoms with Crippen LogP contribution in [0.15, 0.2) is 48.5 Å².